The number of nitrogens with one attached hydrogen (secondary N) is 3. The van der Waals surface area contributed by atoms with Crippen LogP contribution in [0.4, 0.5) is 5.69 Å². The minimum atomic E-state index is -0.190. The summed E-state index contributed by atoms with van der Waals surface area (Å²) in [7, 11) is 0. The van der Waals surface area contributed by atoms with E-state index in [0.717, 1.165) is 50.2 Å². The van der Waals surface area contributed by atoms with Gasteiger partial charge in [0.1, 0.15) is 5.69 Å². The number of aromatic nitrogens is 7. The monoisotopic (exact) mass is 510 g/mol. The van der Waals surface area contributed by atoms with Crippen LogP contribution in [0.1, 0.15) is 16.1 Å². The van der Waals surface area contributed by atoms with Gasteiger partial charge in [0.25, 0.3) is 5.91 Å². The van der Waals surface area contributed by atoms with Gasteiger partial charge in [0, 0.05) is 51.6 Å². The van der Waals surface area contributed by atoms with E-state index < -0.39 is 0 Å². The first kappa shape index (κ1) is 22.6. The van der Waals surface area contributed by atoms with E-state index in [9.17, 15) is 4.79 Å². The summed E-state index contributed by atoms with van der Waals surface area (Å²) in [5.74, 6) is -0.190. The Bertz CT molecular complexity index is 1980. The smallest absolute Gasteiger partial charge is 0.255 e. The predicted molar refractivity (Wildman–Crippen MR) is 151 cm³/mol. The molecule has 9 nitrogen and oxygen atoms in total. The summed E-state index contributed by atoms with van der Waals surface area (Å²) in [6.07, 6.45) is 8.98. The van der Waals surface area contributed by atoms with Crippen molar-refractivity contribution in [2.24, 2.45) is 0 Å². The van der Waals surface area contributed by atoms with Gasteiger partial charge in [-0.2, -0.15) is 5.10 Å². The van der Waals surface area contributed by atoms with E-state index in [-0.39, 0.29) is 5.91 Å². The summed E-state index contributed by atoms with van der Waals surface area (Å²) in [5, 5.41) is 12.5. The van der Waals surface area contributed by atoms with E-state index in [2.05, 4.69) is 47.6 Å². The van der Waals surface area contributed by atoms with E-state index in [1.807, 2.05) is 66.5 Å². The molecule has 7 rings (SSSR count). The number of aromatic amines is 2. The first-order valence-corrected chi connectivity index (χ1v) is 12.4. The van der Waals surface area contributed by atoms with Crippen LogP contribution in [0.3, 0.4) is 0 Å². The molecule has 2 aromatic carbocycles. The van der Waals surface area contributed by atoms with E-state index >= 15 is 0 Å². The van der Waals surface area contributed by atoms with Gasteiger partial charge < -0.3 is 14.9 Å². The Kier molecular flexibility index (Phi) is 5.26. The van der Waals surface area contributed by atoms with E-state index in [1.54, 1.807) is 30.7 Å². The van der Waals surface area contributed by atoms with Crippen LogP contribution in [0.2, 0.25) is 0 Å². The molecule has 0 spiro atoms. The number of hydrogen-bond acceptors (Lipinski definition) is 5. The maximum Gasteiger partial charge on any atom is 0.255 e. The van der Waals surface area contributed by atoms with Crippen molar-refractivity contribution in [3.63, 3.8) is 0 Å². The Morgan fingerprint density at radius 1 is 0.897 bits per heavy atom. The number of fused-ring (bicyclic) bond motifs is 2. The maximum atomic E-state index is 12.6. The first-order chi connectivity index (χ1) is 19.1. The summed E-state index contributed by atoms with van der Waals surface area (Å²) in [6, 6.07) is 21.2. The lowest BCUT2D eigenvalue weighted by Gasteiger charge is -2.07. The summed E-state index contributed by atoms with van der Waals surface area (Å²) in [5.41, 5.74) is 8.19. The zero-order chi connectivity index (χ0) is 26.3. The molecule has 3 N–H and O–H groups in total. The van der Waals surface area contributed by atoms with Gasteiger partial charge in [-0.3, -0.25) is 14.9 Å². The Morgan fingerprint density at radius 2 is 1.77 bits per heavy atom. The van der Waals surface area contributed by atoms with Crippen LogP contribution in [0, 0.1) is 6.92 Å². The first-order valence-electron chi connectivity index (χ1n) is 12.4. The molecule has 188 valence electrons. The molecule has 0 aliphatic carbocycles. The van der Waals surface area contributed by atoms with Gasteiger partial charge in [0.2, 0.25) is 0 Å². The number of pyridine rings is 2. The fourth-order valence-electron chi connectivity index (χ4n) is 4.77. The molecule has 9 heteroatoms. The lowest BCUT2D eigenvalue weighted by molar-refractivity contribution is 0.102. The summed E-state index contributed by atoms with van der Waals surface area (Å²) in [6.45, 7) is 1.97. The fraction of sp³-hybridized carbons (Fsp3) is 0.0333. The topological polar surface area (TPSA) is 117 Å². The second-order valence-corrected chi connectivity index (χ2v) is 9.32. The molecule has 0 atom stereocenters. The molecule has 1 amide bonds. The highest BCUT2D eigenvalue weighted by atomic mass is 16.1. The molecule has 7 aromatic rings. The van der Waals surface area contributed by atoms with Gasteiger partial charge in [-0.05, 0) is 49.4 Å². The normalized spacial score (nSPS) is 11.3. The van der Waals surface area contributed by atoms with Crippen molar-refractivity contribution in [2.45, 2.75) is 6.92 Å². The van der Waals surface area contributed by atoms with Crippen LogP contribution in [0.25, 0.3) is 50.1 Å². The quantitative estimate of drug-likeness (QED) is 0.266. The van der Waals surface area contributed by atoms with Crippen LogP contribution in [0.15, 0.2) is 97.8 Å². The minimum Gasteiger partial charge on any atom is -0.353 e. The standard InChI is InChI=1S/C30H22N8O/c1-18-16-38(17-33-18)27-9-5-8-25-23(27)12-26(35-25)28-24-11-21(14-32-29(24)37-36-28)20-10-22(15-31-13-20)34-30(39)19-6-3-2-4-7-19/h2-17,35H,1H3,(H,34,39)(H,32,36,37). The summed E-state index contributed by atoms with van der Waals surface area (Å²) in [4.78, 5) is 29.5. The van der Waals surface area contributed by atoms with Gasteiger partial charge in [-0.25, -0.2) is 9.97 Å². The predicted octanol–water partition coefficient (Wildman–Crippen LogP) is 5.91. The van der Waals surface area contributed by atoms with E-state index in [0.29, 0.717) is 16.9 Å². The Balaban J connectivity index is 1.25. The second-order valence-electron chi connectivity index (χ2n) is 9.32. The number of H-pyrrole nitrogens is 2. The zero-order valence-electron chi connectivity index (χ0n) is 20.9. The molecule has 0 bridgehead atoms. The van der Waals surface area contributed by atoms with E-state index in [1.165, 1.54) is 0 Å². The largest absolute Gasteiger partial charge is 0.353 e. The number of benzene rings is 2. The van der Waals surface area contributed by atoms with Crippen LogP contribution >= 0.6 is 0 Å². The molecule has 0 aliphatic rings. The van der Waals surface area contributed by atoms with E-state index in [4.69, 9.17) is 0 Å². The van der Waals surface area contributed by atoms with Crippen molar-refractivity contribution in [3.05, 3.63) is 109 Å². The van der Waals surface area contributed by atoms with Crippen LogP contribution in [0.5, 0.6) is 0 Å². The Morgan fingerprint density at radius 3 is 2.62 bits per heavy atom. The number of carbonyl (C=O) groups is 1. The third-order valence-corrected chi connectivity index (χ3v) is 6.67. The molecule has 39 heavy (non-hydrogen) atoms. The molecule has 0 saturated heterocycles. The lowest BCUT2D eigenvalue weighted by Crippen LogP contribution is -2.11. The fourth-order valence-corrected chi connectivity index (χ4v) is 4.77. The molecular formula is C30H22N8O. The lowest BCUT2D eigenvalue weighted by atomic mass is 10.1. The average Bonchev–Trinajstić information content (AvgIpc) is 3.71. The highest BCUT2D eigenvalue weighted by Gasteiger charge is 2.15. The second kappa shape index (κ2) is 9.07. The van der Waals surface area contributed by atoms with Gasteiger partial charge in [-0.15, -0.1) is 0 Å². The minimum absolute atomic E-state index is 0.190. The van der Waals surface area contributed by atoms with Crippen LogP contribution in [-0.4, -0.2) is 40.6 Å². The molecule has 0 saturated carbocycles. The highest BCUT2D eigenvalue weighted by Crippen LogP contribution is 2.33. The van der Waals surface area contributed by atoms with Crippen LogP contribution in [-0.2, 0) is 0 Å². The molecule has 0 unspecified atom stereocenters. The maximum absolute atomic E-state index is 12.6. The summed E-state index contributed by atoms with van der Waals surface area (Å²) < 4.78 is 2.02. The zero-order valence-corrected chi connectivity index (χ0v) is 20.9. The third-order valence-electron chi connectivity index (χ3n) is 6.67. The van der Waals surface area contributed by atoms with Gasteiger partial charge >= 0.3 is 0 Å². The summed E-state index contributed by atoms with van der Waals surface area (Å²) >= 11 is 0. The number of anilines is 1. The number of aryl methyl sites for hydroxylation is 1. The highest BCUT2D eigenvalue weighted by molar-refractivity contribution is 6.04. The van der Waals surface area contributed by atoms with Crippen molar-refractivity contribution < 1.29 is 4.79 Å². The Hall–Kier alpha value is -5.57. The van der Waals surface area contributed by atoms with Crippen molar-refractivity contribution in [3.8, 4) is 28.2 Å². The number of imidazole rings is 1. The molecule has 5 aromatic heterocycles. The van der Waals surface area contributed by atoms with Crippen molar-refractivity contribution in [1.82, 2.24) is 34.7 Å². The number of rotatable bonds is 5. The third kappa shape index (κ3) is 4.11. The molecule has 0 fully saturated rings. The molecular weight excluding hydrogens is 488 g/mol. The number of carbonyl (C=O) groups excluding carboxylic acids is 1. The number of hydrogen-bond donors (Lipinski definition) is 3. The van der Waals surface area contributed by atoms with Crippen molar-refractivity contribution in [2.75, 3.05) is 5.32 Å². The molecule has 5 heterocycles. The van der Waals surface area contributed by atoms with Gasteiger partial charge in [0.05, 0.1) is 35.3 Å². The molecule has 0 aliphatic heterocycles. The SMILES string of the molecule is Cc1cn(-c2cccc3[nH]c(-c4n[nH]c5ncc(-c6cncc(NC(=O)c7ccccc7)c6)cc45)cc23)cn1. The average molecular weight is 511 g/mol. The number of amides is 1. The van der Waals surface area contributed by atoms with Gasteiger partial charge in [0.15, 0.2) is 5.65 Å². The van der Waals surface area contributed by atoms with Crippen molar-refractivity contribution in [1.29, 1.82) is 0 Å². The number of nitrogens with zero attached hydrogens (tertiary/aromatic N) is 5. The van der Waals surface area contributed by atoms with Crippen molar-refractivity contribution >= 4 is 33.5 Å². The van der Waals surface area contributed by atoms with Gasteiger partial charge in [-0.1, -0.05) is 24.3 Å². The van der Waals surface area contributed by atoms with Crippen LogP contribution < -0.4 is 5.32 Å². The Labute approximate surface area is 222 Å². The molecule has 0 radical (unpaired) electrons.